The molecule has 48 heavy (non-hydrogen) atoms. The lowest BCUT2D eigenvalue weighted by atomic mass is 9.87. The van der Waals surface area contributed by atoms with Gasteiger partial charge in [-0.05, 0) is 55.0 Å². The zero-order chi connectivity index (χ0) is 34.8. The minimum atomic E-state index is -4.22. The second-order valence-corrected chi connectivity index (χ2v) is 14.6. The third-order valence-corrected chi connectivity index (χ3v) is 9.15. The van der Waals surface area contributed by atoms with Gasteiger partial charge in [-0.1, -0.05) is 45.0 Å². The summed E-state index contributed by atoms with van der Waals surface area (Å²) in [6.45, 7) is 10.1. The highest BCUT2D eigenvalue weighted by atomic mass is 32.2. The summed E-state index contributed by atoms with van der Waals surface area (Å²) in [6.07, 6.45) is 2.80. The Morgan fingerprint density at radius 3 is 2.46 bits per heavy atom. The van der Waals surface area contributed by atoms with E-state index in [-0.39, 0.29) is 46.7 Å². The number of nitrogens with zero attached hydrogens (tertiary/aromatic N) is 6. The summed E-state index contributed by atoms with van der Waals surface area (Å²) < 4.78 is 40.9. The number of carbonyl (C=O) groups is 2. The average Bonchev–Trinajstić information content (AvgIpc) is 3.03. The number of benzene rings is 2. The maximum atomic E-state index is 14.4. The minimum absolute atomic E-state index is 0.0172. The molecule has 0 unspecified atom stereocenters. The van der Waals surface area contributed by atoms with Gasteiger partial charge in [0.2, 0.25) is 11.8 Å². The van der Waals surface area contributed by atoms with E-state index >= 15 is 0 Å². The van der Waals surface area contributed by atoms with Crippen LogP contribution in [0.2, 0.25) is 0 Å². The van der Waals surface area contributed by atoms with Gasteiger partial charge in [-0.25, -0.2) is 27.9 Å². The number of carbonyl (C=O) groups excluding carboxylic acids is 2. The Hall–Kier alpha value is -5.11. The summed E-state index contributed by atoms with van der Waals surface area (Å²) in [5.74, 6) is -0.231. The summed E-state index contributed by atoms with van der Waals surface area (Å²) in [5.41, 5.74) is 3.49. The van der Waals surface area contributed by atoms with Crippen LogP contribution in [0, 0.1) is 19.3 Å². The van der Waals surface area contributed by atoms with Crippen LogP contribution in [-0.2, 0) is 21.3 Å². The molecule has 14 heteroatoms. The number of anilines is 2. The summed E-state index contributed by atoms with van der Waals surface area (Å²) >= 11 is 0. The molecule has 4 aromatic rings. The first-order valence-corrected chi connectivity index (χ1v) is 16.8. The second-order valence-electron chi connectivity index (χ2n) is 12.9. The number of rotatable bonds is 5. The van der Waals surface area contributed by atoms with E-state index in [1.54, 1.807) is 17.0 Å². The highest BCUT2D eigenvalue weighted by molar-refractivity contribution is 7.92. The van der Waals surface area contributed by atoms with Crippen LogP contribution in [0.25, 0.3) is 11.3 Å². The van der Waals surface area contributed by atoms with Crippen molar-refractivity contribution >= 4 is 33.8 Å². The Bertz CT molecular complexity index is 1940. The first-order valence-electron chi connectivity index (χ1n) is 15.3. The lowest BCUT2D eigenvalue weighted by Crippen LogP contribution is -2.45. The van der Waals surface area contributed by atoms with Gasteiger partial charge in [0, 0.05) is 24.2 Å². The molecular formula is C34H39N7O6S. The zero-order valence-corrected chi connectivity index (χ0v) is 28.8. The molecule has 0 fully saturated rings. The quantitative estimate of drug-likeness (QED) is 0.291. The molecular weight excluding hydrogens is 634 g/mol. The Morgan fingerprint density at radius 2 is 1.77 bits per heavy atom. The van der Waals surface area contributed by atoms with Gasteiger partial charge in [-0.2, -0.15) is 4.98 Å². The first kappa shape index (κ1) is 34.2. The van der Waals surface area contributed by atoms with Crippen molar-refractivity contribution in [3.8, 4) is 17.1 Å². The van der Waals surface area contributed by atoms with Crippen molar-refractivity contribution in [3.05, 3.63) is 83.3 Å². The van der Waals surface area contributed by atoms with E-state index in [0.717, 1.165) is 16.7 Å². The number of nitrogens with one attached hydrogen (secondary N) is 1. The Balaban J connectivity index is 1.66. The summed E-state index contributed by atoms with van der Waals surface area (Å²) in [5, 5.41) is 0. The summed E-state index contributed by atoms with van der Waals surface area (Å²) in [7, 11) is -1.45. The van der Waals surface area contributed by atoms with Crippen LogP contribution in [0.4, 0.5) is 16.6 Å². The van der Waals surface area contributed by atoms with Gasteiger partial charge in [-0.3, -0.25) is 14.7 Å². The van der Waals surface area contributed by atoms with Crippen LogP contribution < -0.4 is 14.4 Å². The maximum absolute atomic E-state index is 14.4. The van der Waals surface area contributed by atoms with E-state index in [2.05, 4.69) is 45.4 Å². The number of ether oxygens (including phenoxy) is 2. The summed E-state index contributed by atoms with van der Waals surface area (Å²) in [4.78, 5) is 47.1. The maximum Gasteiger partial charge on any atom is 0.414 e. The van der Waals surface area contributed by atoms with Crippen LogP contribution >= 0.6 is 0 Å². The van der Waals surface area contributed by atoms with Gasteiger partial charge in [-0.15, -0.1) is 0 Å². The van der Waals surface area contributed by atoms with Crippen molar-refractivity contribution in [1.29, 1.82) is 0 Å². The Morgan fingerprint density at radius 1 is 1.06 bits per heavy atom. The van der Waals surface area contributed by atoms with Crippen LogP contribution in [0.3, 0.4) is 0 Å². The predicted octanol–water partition coefficient (Wildman–Crippen LogP) is 5.39. The standard InChI is InChI=1S/C34H39N7O6S/c1-21-10-8-11-22(2)30(21)27-15-29-38-32(37-27)39-48(44,45)26-13-9-12-23(14-26)31(42)41(25(20-47-29)16-34(3,4)5)19-24-17-35-18-28(36-24)40(6)33(43)46-7/h8-15,17-18,25H,16,19-20H2,1-7H3,(H,37,38,39)/t25-/m1/s1. The molecule has 1 atom stereocenters. The third kappa shape index (κ3) is 7.71. The van der Waals surface area contributed by atoms with E-state index in [9.17, 15) is 18.0 Å². The van der Waals surface area contributed by atoms with Gasteiger partial charge < -0.3 is 14.4 Å². The van der Waals surface area contributed by atoms with Gasteiger partial charge in [0.15, 0.2) is 5.82 Å². The number of aromatic nitrogens is 4. The van der Waals surface area contributed by atoms with Crippen molar-refractivity contribution in [1.82, 2.24) is 24.8 Å². The number of hydrogen-bond acceptors (Lipinski definition) is 10. The smallest absolute Gasteiger partial charge is 0.414 e. The molecule has 0 saturated carbocycles. The largest absolute Gasteiger partial charge is 0.475 e. The van der Waals surface area contributed by atoms with E-state index in [1.165, 1.54) is 49.7 Å². The number of methoxy groups -OCH3 is 1. The molecule has 4 bridgehead atoms. The first-order chi connectivity index (χ1) is 22.6. The topological polar surface area (TPSA) is 157 Å². The molecule has 2 aromatic heterocycles. The molecule has 0 spiro atoms. The second kappa shape index (κ2) is 13.6. The van der Waals surface area contributed by atoms with Crippen molar-refractivity contribution in [2.24, 2.45) is 5.41 Å². The number of amides is 2. The van der Waals surface area contributed by atoms with Gasteiger partial charge in [0.05, 0.1) is 48.4 Å². The molecule has 1 N–H and O–H groups in total. The van der Waals surface area contributed by atoms with Gasteiger partial charge in [0.1, 0.15) is 6.61 Å². The highest BCUT2D eigenvalue weighted by Crippen LogP contribution is 2.31. The SMILES string of the molecule is COC(=O)N(C)c1cncc(CN2C(=O)c3cccc(c3)S(=O)(=O)Nc3nc(cc(-c4c(C)cccc4C)n3)OC[C@H]2CC(C)(C)C)n1. The highest BCUT2D eigenvalue weighted by Gasteiger charge is 2.32. The molecule has 5 rings (SSSR count). The number of fused-ring (bicyclic) bond motifs is 4. The zero-order valence-electron chi connectivity index (χ0n) is 28.0. The van der Waals surface area contributed by atoms with Crippen LogP contribution in [0.5, 0.6) is 5.88 Å². The Kier molecular flexibility index (Phi) is 9.66. The van der Waals surface area contributed by atoms with E-state index in [4.69, 9.17) is 9.47 Å². The molecule has 0 aliphatic carbocycles. The van der Waals surface area contributed by atoms with E-state index in [1.807, 2.05) is 32.0 Å². The predicted molar refractivity (Wildman–Crippen MR) is 180 cm³/mol. The molecule has 3 heterocycles. The van der Waals surface area contributed by atoms with Gasteiger partial charge >= 0.3 is 6.09 Å². The molecule has 13 nitrogen and oxygen atoms in total. The third-order valence-electron chi connectivity index (χ3n) is 7.83. The van der Waals surface area contributed by atoms with Crippen LogP contribution in [-0.4, -0.2) is 72.1 Å². The molecule has 0 radical (unpaired) electrons. The molecule has 1 aliphatic rings. The fraction of sp³-hybridized carbons (Fsp3) is 0.353. The van der Waals surface area contributed by atoms with Crippen LogP contribution in [0.1, 0.15) is 54.4 Å². The number of sulfonamides is 1. The summed E-state index contributed by atoms with van der Waals surface area (Å²) in [6, 6.07) is 12.8. The van der Waals surface area contributed by atoms with Crippen molar-refractivity contribution in [2.45, 2.75) is 58.5 Å². The fourth-order valence-corrected chi connectivity index (χ4v) is 6.57. The number of hydrogen-bond donors (Lipinski definition) is 1. The van der Waals surface area contributed by atoms with Crippen molar-refractivity contribution < 1.29 is 27.5 Å². The minimum Gasteiger partial charge on any atom is -0.475 e. The number of aryl methyl sites for hydroxylation is 2. The van der Waals surface area contributed by atoms with Crippen LogP contribution in [0.15, 0.2) is 65.8 Å². The Labute approximate surface area is 280 Å². The monoisotopic (exact) mass is 673 g/mol. The average molecular weight is 674 g/mol. The normalized spacial score (nSPS) is 16.0. The van der Waals surface area contributed by atoms with Crippen molar-refractivity contribution in [3.63, 3.8) is 0 Å². The molecule has 2 amide bonds. The molecule has 2 aromatic carbocycles. The lowest BCUT2D eigenvalue weighted by molar-refractivity contribution is 0.0509. The molecule has 252 valence electrons. The molecule has 0 saturated heterocycles. The van der Waals surface area contributed by atoms with E-state index in [0.29, 0.717) is 17.8 Å². The van der Waals surface area contributed by atoms with Gasteiger partial charge in [0.25, 0.3) is 15.9 Å². The van der Waals surface area contributed by atoms with E-state index < -0.39 is 28.1 Å². The lowest BCUT2D eigenvalue weighted by Gasteiger charge is -2.35. The molecule has 1 aliphatic heterocycles. The van der Waals surface area contributed by atoms with Crippen molar-refractivity contribution in [2.75, 3.05) is 30.4 Å². The fourth-order valence-electron chi connectivity index (χ4n) is 5.58.